The first-order valence-corrected chi connectivity index (χ1v) is 7.23. The Morgan fingerprint density at radius 3 is 2.21 bits per heavy atom. The van der Waals surface area contributed by atoms with Crippen LogP contribution >= 0.6 is 23.4 Å². The number of thioether (sulfide) groups is 1. The number of carboxylic acids is 1. The van der Waals surface area contributed by atoms with Crippen molar-refractivity contribution in [2.45, 2.75) is 5.25 Å². The molecule has 2 rings (SSSR count). The van der Waals surface area contributed by atoms with Gasteiger partial charge in [-0.15, -0.1) is 11.8 Å². The molecule has 98 valence electrons. The number of carbonyl (C=O) groups is 1. The zero-order chi connectivity index (χ0) is 13.7. The number of hydrogen-bond donors (Lipinski definition) is 1. The smallest absolute Gasteiger partial charge is 0.313 e. The van der Waals surface area contributed by atoms with E-state index in [1.807, 2.05) is 54.6 Å². The maximum atomic E-state index is 10.8. The SMILES string of the molecule is O=C(O)CS[C@H](c1ccccc1)c1ccc(Cl)cc1. The summed E-state index contributed by atoms with van der Waals surface area (Å²) < 4.78 is 0. The van der Waals surface area contributed by atoms with Crippen LogP contribution in [0.5, 0.6) is 0 Å². The van der Waals surface area contributed by atoms with Crippen molar-refractivity contribution < 1.29 is 9.90 Å². The van der Waals surface area contributed by atoms with Crippen LogP contribution in [-0.2, 0) is 4.79 Å². The molecule has 0 saturated carbocycles. The quantitative estimate of drug-likeness (QED) is 0.895. The molecular formula is C15H13ClO2S. The summed E-state index contributed by atoms with van der Waals surface area (Å²) in [6, 6.07) is 17.4. The summed E-state index contributed by atoms with van der Waals surface area (Å²) in [5.74, 6) is -0.734. The highest BCUT2D eigenvalue weighted by molar-refractivity contribution is 8.00. The molecule has 2 aromatic rings. The van der Waals surface area contributed by atoms with Crippen molar-refractivity contribution in [2.75, 3.05) is 5.75 Å². The van der Waals surface area contributed by atoms with Gasteiger partial charge >= 0.3 is 5.97 Å². The highest BCUT2D eigenvalue weighted by Crippen LogP contribution is 2.35. The van der Waals surface area contributed by atoms with Crippen LogP contribution in [0.4, 0.5) is 0 Å². The van der Waals surface area contributed by atoms with E-state index in [4.69, 9.17) is 16.7 Å². The number of aliphatic carboxylic acids is 1. The van der Waals surface area contributed by atoms with Gasteiger partial charge in [-0.25, -0.2) is 0 Å². The molecular weight excluding hydrogens is 280 g/mol. The Hall–Kier alpha value is -1.45. The van der Waals surface area contributed by atoms with Gasteiger partial charge in [-0.05, 0) is 23.3 Å². The van der Waals surface area contributed by atoms with Crippen LogP contribution in [0.25, 0.3) is 0 Å². The lowest BCUT2D eigenvalue weighted by molar-refractivity contribution is -0.133. The minimum atomic E-state index is -0.806. The molecule has 0 heterocycles. The van der Waals surface area contributed by atoms with E-state index in [1.54, 1.807) is 0 Å². The average Bonchev–Trinajstić information content (AvgIpc) is 2.42. The van der Waals surface area contributed by atoms with Crippen LogP contribution in [0.3, 0.4) is 0 Å². The molecule has 0 amide bonds. The zero-order valence-corrected chi connectivity index (χ0v) is 11.7. The van der Waals surface area contributed by atoms with Crippen LogP contribution < -0.4 is 0 Å². The van der Waals surface area contributed by atoms with E-state index in [2.05, 4.69) is 0 Å². The molecule has 1 atom stereocenters. The second-order valence-electron chi connectivity index (χ2n) is 4.05. The molecule has 0 aliphatic carbocycles. The lowest BCUT2D eigenvalue weighted by Crippen LogP contribution is -2.04. The first-order valence-electron chi connectivity index (χ1n) is 5.80. The predicted octanol–water partition coefficient (Wildman–Crippen LogP) is 4.25. The third-order valence-electron chi connectivity index (χ3n) is 2.65. The molecule has 0 aliphatic heterocycles. The highest BCUT2D eigenvalue weighted by atomic mass is 35.5. The van der Waals surface area contributed by atoms with Crippen molar-refractivity contribution in [2.24, 2.45) is 0 Å². The van der Waals surface area contributed by atoms with Crippen LogP contribution in [0, 0.1) is 0 Å². The summed E-state index contributed by atoms with van der Waals surface area (Å²) in [6.45, 7) is 0. The van der Waals surface area contributed by atoms with Gasteiger partial charge in [-0.2, -0.15) is 0 Å². The molecule has 0 aliphatic rings. The Morgan fingerprint density at radius 2 is 1.63 bits per heavy atom. The van der Waals surface area contributed by atoms with E-state index in [-0.39, 0.29) is 11.0 Å². The molecule has 0 unspecified atom stereocenters. The lowest BCUT2D eigenvalue weighted by Gasteiger charge is -2.16. The van der Waals surface area contributed by atoms with E-state index in [1.165, 1.54) is 11.8 Å². The molecule has 0 radical (unpaired) electrons. The van der Waals surface area contributed by atoms with Gasteiger partial charge in [0.15, 0.2) is 0 Å². The van der Waals surface area contributed by atoms with E-state index >= 15 is 0 Å². The summed E-state index contributed by atoms with van der Waals surface area (Å²) in [7, 11) is 0. The van der Waals surface area contributed by atoms with Crippen molar-refractivity contribution in [3.8, 4) is 0 Å². The Morgan fingerprint density at radius 1 is 1.05 bits per heavy atom. The maximum absolute atomic E-state index is 10.8. The number of rotatable bonds is 5. The maximum Gasteiger partial charge on any atom is 0.313 e. The van der Waals surface area contributed by atoms with E-state index < -0.39 is 5.97 Å². The average molecular weight is 293 g/mol. The van der Waals surface area contributed by atoms with Gasteiger partial charge in [0, 0.05) is 5.02 Å². The highest BCUT2D eigenvalue weighted by Gasteiger charge is 2.15. The molecule has 0 saturated heterocycles. The van der Waals surface area contributed by atoms with Gasteiger partial charge in [0.1, 0.15) is 0 Å². The summed E-state index contributed by atoms with van der Waals surface area (Å²) in [4.78, 5) is 10.8. The summed E-state index contributed by atoms with van der Waals surface area (Å²) in [5, 5.41) is 9.55. The van der Waals surface area contributed by atoms with Crippen molar-refractivity contribution in [3.63, 3.8) is 0 Å². The van der Waals surface area contributed by atoms with E-state index in [0.29, 0.717) is 5.02 Å². The summed E-state index contributed by atoms with van der Waals surface area (Å²) in [6.07, 6.45) is 0. The van der Waals surface area contributed by atoms with Crippen molar-refractivity contribution >= 4 is 29.3 Å². The molecule has 0 fully saturated rings. The minimum Gasteiger partial charge on any atom is -0.481 e. The molecule has 0 aromatic heterocycles. The topological polar surface area (TPSA) is 37.3 Å². The van der Waals surface area contributed by atoms with Gasteiger partial charge in [0.2, 0.25) is 0 Å². The fraction of sp³-hybridized carbons (Fsp3) is 0.133. The standard InChI is InChI=1S/C15H13ClO2S/c16-13-8-6-12(7-9-13)15(19-10-14(17)18)11-4-2-1-3-5-11/h1-9,15H,10H2,(H,17,18)/t15-/m1/s1. The first kappa shape index (κ1) is 14.0. The fourth-order valence-corrected chi connectivity index (χ4v) is 2.94. The molecule has 4 heteroatoms. The third kappa shape index (κ3) is 4.01. The van der Waals surface area contributed by atoms with Crippen molar-refractivity contribution in [1.82, 2.24) is 0 Å². The van der Waals surface area contributed by atoms with E-state index in [0.717, 1.165) is 11.1 Å². The first-order chi connectivity index (χ1) is 9.16. The number of hydrogen-bond acceptors (Lipinski definition) is 2. The molecule has 19 heavy (non-hydrogen) atoms. The fourth-order valence-electron chi connectivity index (χ4n) is 1.80. The molecule has 0 spiro atoms. The largest absolute Gasteiger partial charge is 0.481 e. The summed E-state index contributed by atoms with van der Waals surface area (Å²) in [5.41, 5.74) is 2.15. The van der Waals surface area contributed by atoms with Gasteiger partial charge in [0.05, 0.1) is 11.0 Å². The molecule has 2 aromatic carbocycles. The van der Waals surface area contributed by atoms with Gasteiger partial charge in [0.25, 0.3) is 0 Å². The Balaban J connectivity index is 2.28. The number of halogens is 1. The van der Waals surface area contributed by atoms with Crippen molar-refractivity contribution in [1.29, 1.82) is 0 Å². The second kappa shape index (κ2) is 6.64. The molecule has 1 N–H and O–H groups in total. The normalized spacial score (nSPS) is 12.1. The van der Waals surface area contributed by atoms with Crippen LogP contribution in [0.15, 0.2) is 54.6 Å². The van der Waals surface area contributed by atoms with Crippen LogP contribution in [0.2, 0.25) is 5.02 Å². The Bertz CT molecular complexity index is 540. The monoisotopic (exact) mass is 292 g/mol. The minimum absolute atomic E-state index is 0.00886. The van der Waals surface area contributed by atoms with Gasteiger partial charge in [-0.1, -0.05) is 54.1 Å². The Labute approximate surface area is 121 Å². The zero-order valence-electron chi connectivity index (χ0n) is 10.1. The lowest BCUT2D eigenvalue weighted by atomic mass is 10.0. The molecule has 0 bridgehead atoms. The third-order valence-corrected chi connectivity index (χ3v) is 4.19. The Kier molecular flexibility index (Phi) is 4.88. The van der Waals surface area contributed by atoms with Gasteiger partial charge < -0.3 is 5.11 Å². The number of benzene rings is 2. The van der Waals surface area contributed by atoms with Gasteiger partial charge in [-0.3, -0.25) is 4.79 Å². The second-order valence-corrected chi connectivity index (χ2v) is 5.58. The number of carboxylic acid groups (broad SMARTS) is 1. The predicted molar refractivity (Wildman–Crippen MR) is 79.8 cm³/mol. The van der Waals surface area contributed by atoms with E-state index in [9.17, 15) is 4.79 Å². The van der Waals surface area contributed by atoms with Crippen molar-refractivity contribution in [3.05, 3.63) is 70.7 Å². The summed E-state index contributed by atoms with van der Waals surface area (Å²) >= 11 is 7.29. The van der Waals surface area contributed by atoms with Crippen LogP contribution in [-0.4, -0.2) is 16.8 Å². The van der Waals surface area contributed by atoms with Crippen LogP contribution in [0.1, 0.15) is 16.4 Å². The molecule has 2 nitrogen and oxygen atoms in total.